The minimum atomic E-state index is -0.578. The zero-order chi connectivity index (χ0) is 21.9. The molecule has 4 heteroatoms. The quantitative estimate of drug-likeness (QED) is 0.521. The molecule has 1 atom stereocenters. The summed E-state index contributed by atoms with van der Waals surface area (Å²) in [7, 11) is 0. The van der Waals surface area contributed by atoms with Crippen LogP contribution in [0.4, 0.5) is 0 Å². The Kier molecular flexibility index (Phi) is 8.41. The molecule has 0 aliphatic heterocycles. The molecule has 0 aliphatic carbocycles. The molecule has 0 saturated heterocycles. The van der Waals surface area contributed by atoms with Crippen molar-refractivity contribution in [1.29, 1.82) is 0 Å². The zero-order valence-corrected chi connectivity index (χ0v) is 18.0. The highest BCUT2D eigenvalue weighted by atomic mass is 16.2. The molecule has 2 amide bonds. The SMILES string of the molecule is CCCC(=O)N(Cc1ccccc1)C(Cc1ccccc1)C(=O)NCc1ccccc1. The lowest BCUT2D eigenvalue weighted by Crippen LogP contribution is -2.50. The third kappa shape index (κ3) is 6.82. The minimum Gasteiger partial charge on any atom is -0.350 e. The second-order valence-electron chi connectivity index (χ2n) is 7.67. The maximum Gasteiger partial charge on any atom is 0.243 e. The summed E-state index contributed by atoms with van der Waals surface area (Å²) in [6.45, 7) is 2.84. The Morgan fingerprint density at radius 2 is 1.29 bits per heavy atom. The van der Waals surface area contributed by atoms with Crippen molar-refractivity contribution in [3.05, 3.63) is 108 Å². The Hall–Kier alpha value is -3.40. The fourth-order valence-electron chi connectivity index (χ4n) is 3.59. The van der Waals surface area contributed by atoms with E-state index >= 15 is 0 Å². The predicted octanol–water partition coefficient (Wildman–Crippen LogP) is 4.74. The summed E-state index contributed by atoms with van der Waals surface area (Å²) in [6, 6.07) is 29.0. The summed E-state index contributed by atoms with van der Waals surface area (Å²) in [4.78, 5) is 28.2. The molecule has 0 radical (unpaired) electrons. The molecule has 0 heterocycles. The van der Waals surface area contributed by atoms with Gasteiger partial charge in [-0.25, -0.2) is 0 Å². The highest BCUT2D eigenvalue weighted by Gasteiger charge is 2.29. The zero-order valence-electron chi connectivity index (χ0n) is 18.0. The van der Waals surface area contributed by atoms with Crippen molar-refractivity contribution in [3.8, 4) is 0 Å². The number of hydrogen-bond acceptors (Lipinski definition) is 2. The average molecular weight is 415 g/mol. The van der Waals surface area contributed by atoms with Crippen molar-refractivity contribution in [2.45, 2.75) is 45.3 Å². The molecule has 4 nitrogen and oxygen atoms in total. The van der Waals surface area contributed by atoms with E-state index in [4.69, 9.17) is 0 Å². The molecule has 0 aliphatic rings. The van der Waals surface area contributed by atoms with E-state index in [2.05, 4.69) is 5.32 Å². The Morgan fingerprint density at radius 1 is 0.774 bits per heavy atom. The number of carbonyl (C=O) groups is 2. The number of nitrogens with zero attached hydrogens (tertiary/aromatic N) is 1. The van der Waals surface area contributed by atoms with Crippen LogP contribution in [-0.2, 0) is 29.1 Å². The van der Waals surface area contributed by atoms with Gasteiger partial charge < -0.3 is 10.2 Å². The van der Waals surface area contributed by atoms with Crippen molar-refractivity contribution in [2.24, 2.45) is 0 Å². The third-order valence-electron chi connectivity index (χ3n) is 5.24. The van der Waals surface area contributed by atoms with Crippen LogP contribution in [-0.4, -0.2) is 22.8 Å². The van der Waals surface area contributed by atoms with Gasteiger partial charge in [0, 0.05) is 25.9 Å². The maximum atomic E-state index is 13.4. The molecule has 160 valence electrons. The minimum absolute atomic E-state index is 0.00199. The molecular weight excluding hydrogens is 384 g/mol. The Bertz CT molecular complexity index is 943. The van der Waals surface area contributed by atoms with E-state index in [9.17, 15) is 9.59 Å². The molecule has 0 fully saturated rings. The normalized spacial score (nSPS) is 11.5. The van der Waals surface area contributed by atoms with Crippen molar-refractivity contribution in [1.82, 2.24) is 10.2 Å². The molecule has 0 bridgehead atoms. The average Bonchev–Trinajstić information content (AvgIpc) is 2.82. The van der Waals surface area contributed by atoms with Gasteiger partial charge in [0.25, 0.3) is 0 Å². The lowest BCUT2D eigenvalue weighted by atomic mass is 10.0. The molecular formula is C27H30N2O2. The van der Waals surface area contributed by atoms with Crippen LogP contribution in [0.3, 0.4) is 0 Å². The highest BCUT2D eigenvalue weighted by molar-refractivity contribution is 5.88. The van der Waals surface area contributed by atoms with E-state index < -0.39 is 6.04 Å². The molecule has 0 spiro atoms. The van der Waals surface area contributed by atoms with Crippen LogP contribution >= 0.6 is 0 Å². The molecule has 1 unspecified atom stereocenters. The summed E-state index contributed by atoms with van der Waals surface area (Å²) >= 11 is 0. The van der Waals surface area contributed by atoms with Crippen LogP contribution < -0.4 is 5.32 Å². The van der Waals surface area contributed by atoms with Gasteiger partial charge in [0.2, 0.25) is 11.8 Å². The van der Waals surface area contributed by atoms with Crippen molar-refractivity contribution >= 4 is 11.8 Å². The second-order valence-corrected chi connectivity index (χ2v) is 7.67. The smallest absolute Gasteiger partial charge is 0.243 e. The van der Waals surface area contributed by atoms with Crippen LogP contribution in [0.15, 0.2) is 91.0 Å². The van der Waals surface area contributed by atoms with Gasteiger partial charge in [-0.2, -0.15) is 0 Å². The van der Waals surface area contributed by atoms with Gasteiger partial charge in [-0.1, -0.05) is 97.9 Å². The first-order valence-corrected chi connectivity index (χ1v) is 10.9. The number of benzene rings is 3. The number of nitrogens with one attached hydrogen (secondary N) is 1. The summed E-state index contributed by atoms with van der Waals surface area (Å²) in [5.74, 6) is -0.129. The maximum absolute atomic E-state index is 13.4. The lowest BCUT2D eigenvalue weighted by Gasteiger charge is -2.31. The van der Waals surface area contributed by atoms with Crippen molar-refractivity contribution in [3.63, 3.8) is 0 Å². The van der Waals surface area contributed by atoms with Gasteiger partial charge >= 0.3 is 0 Å². The van der Waals surface area contributed by atoms with E-state index in [1.165, 1.54) is 0 Å². The monoisotopic (exact) mass is 414 g/mol. The molecule has 3 aromatic rings. The summed E-state index contributed by atoms with van der Waals surface area (Å²) in [5.41, 5.74) is 3.08. The Balaban J connectivity index is 1.86. The number of rotatable bonds is 10. The largest absolute Gasteiger partial charge is 0.350 e. The van der Waals surface area contributed by atoms with E-state index in [0.717, 1.165) is 23.1 Å². The van der Waals surface area contributed by atoms with Gasteiger partial charge in [-0.3, -0.25) is 9.59 Å². The van der Waals surface area contributed by atoms with Gasteiger partial charge in [-0.05, 0) is 23.1 Å². The van der Waals surface area contributed by atoms with Crippen molar-refractivity contribution in [2.75, 3.05) is 0 Å². The molecule has 31 heavy (non-hydrogen) atoms. The standard InChI is InChI=1S/C27H30N2O2/c1-2-12-26(30)29(21-24-17-10-5-11-18-24)25(19-22-13-6-3-7-14-22)27(31)28-20-23-15-8-4-9-16-23/h3-11,13-18,25H,2,12,19-21H2,1H3,(H,28,31). The highest BCUT2D eigenvalue weighted by Crippen LogP contribution is 2.16. The fraction of sp³-hybridized carbons (Fsp3) is 0.259. The lowest BCUT2D eigenvalue weighted by molar-refractivity contribution is -0.141. The molecule has 3 aromatic carbocycles. The fourth-order valence-corrected chi connectivity index (χ4v) is 3.59. The molecule has 0 aromatic heterocycles. The van der Waals surface area contributed by atoms with Crippen LogP contribution in [0.5, 0.6) is 0 Å². The first-order valence-electron chi connectivity index (χ1n) is 10.9. The van der Waals surface area contributed by atoms with Crippen LogP contribution in [0.25, 0.3) is 0 Å². The van der Waals surface area contributed by atoms with Gasteiger partial charge in [0.1, 0.15) is 6.04 Å². The van der Waals surface area contributed by atoms with Gasteiger partial charge in [0.15, 0.2) is 0 Å². The first-order chi connectivity index (χ1) is 15.2. The van der Waals surface area contributed by atoms with E-state index in [-0.39, 0.29) is 11.8 Å². The van der Waals surface area contributed by atoms with E-state index in [1.54, 1.807) is 4.90 Å². The summed E-state index contributed by atoms with van der Waals surface area (Å²) in [5, 5.41) is 3.05. The van der Waals surface area contributed by atoms with Crippen LogP contribution in [0.2, 0.25) is 0 Å². The third-order valence-corrected chi connectivity index (χ3v) is 5.24. The number of amides is 2. The van der Waals surface area contributed by atoms with Gasteiger partial charge in [-0.15, -0.1) is 0 Å². The molecule has 3 rings (SSSR count). The number of hydrogen-bond donors (Lipinski definition) is 1. The first kappa shape index (κ1) is 22.3. The molecule has 0 saturated carbocycles. The van der Waals surface area contributed by atoms with Crippen LogP contribution in [0, 0.1) is 0 Å². The second kappa shape index (κ2) is 11.7. The number of carbonyl (C=O) groups excluding carboxylic acids is 2. The van der Waals surface area contributed by atoms with E-state index in [1.807, 2.05) is 97.9 Å². The van der Waals surface area contributed by atoms with Crippen molar-refractivity contribution < 1.29 is 9.59 Å². The Labute approximate surface area is 184 Å². The van der Waals surface area contributed by atoms with E-state index in [0.29, 0.717) is 25.9 Å². The van der Waals surface area contributed by atoms with Gasteiger partial charge in [0.05, 0.1) is 0 Å². The topological polar surface area (TPSA) is 49.4 Å². The Morgan fingerprint density at radius 3 is 1.84 bits per heavy atom. The predicted molar refractivity (Wildman–Crippen MR) is 124 cm³/mol. The summed E-state index contributed by atoms with van der Waals surface area (Å²) in [6.07, 6.45) is 1.64. The summed E-state index contributed by atoms with van der Waals surface area (Å²) < 4.78 is 0. The van der Waals surface area contributed by atoms with Crippen LogP contribution in [0.1, 0.15) is 36.5 Å². The molecule has 1 N–H and O–H groups in total.